The topological polar surface area (TPSA) is 65.1 Å². The number of benzene rings is 1. The summed E-state index contributed by atoms with van der Waals surface area (Å²) in [5, 5.41) is 1.10. The molecule has 0 unspecified atom stereocenters. The lowest BCUT2D eigenvalue weighted by atomic mass is 10.1. The average molecular weight is 265 g/mol. The number of hydrogen-bond acceptors (Lipinski definition) is 5. The first-order valence-corrected chi connectivity index (χ1v) is 5.85. The van der Waals surface area contributed by atoms with E-state index in [-0.39, 0.29) is 31.3 Å². The van der Waals surface area contributed by atoms with E-state index < -0.39 is 0 Å². The van der Waals surface area contributed by atoms with Crippen LogP contribution < -0.4 is 9.47 Å². The first kappa shape index (κ1) is 13.4. The standard InChI is InChI=1S/C13H15NO5/c1-14(17-2)13(16)6-4-10(15)9-3-5-11-12(7-9)19-8-18-11/h3,5,7H,4,6,8H2,1-2H3. The minimum atomic E-state index is -0.239. The summed E-state index contributed by atoms with van der Waals surface area (Å²) in [7, 11) is 2.91. The zero-order valence-electron chi connectivity index (χ0n) is 10.8. The number of ether oxygens (including phenoxy) is 2. The Morgan fingerprint density at radius 2 is 2.00 bits per heavy atom. The first-order chi connectivity index (χ1) is 9.11. The minimum Gasteiger partial charge on any atom is -0.454 e. The van der Waals surface area contributed by atoms with E-state index in [1.165, 1.54) is 14.2 Å². The number of carbonyl (C=O) groups excluding carboxylic acids is 2. The Hall–Kier alpha value is -2.08. The van der Waals surface area contributed by atoms with Gasteiger partial charge >= 0.3 is 0 Å². The van der Waals surface area contributed by atoms with Crippen LogP contribution in [0.25, 0.3) is 0 Å². The van der Waals surface area contributed by atoms with Gasteiger partial charge in [-0.05, 0) is 18.2 Å². The van der Waals surface area contributed by atoms with Crippen molar-refractivity contribution in [3.8, 4) is 11.5 Å². The van der Waals surface area contributed by atoms with Gasteiger partial charge in [0.25, 0.3) is 0 Å². The fraction of sp³-hybridized carbons (Fsp3) is 0.385. The van der Waals surface area contributed by atoms with Gasteiger partial charge in [0.1, 0.15) is 0 Å². The molecule has 0 saturated carbocycles. The molecule has 1 aromatic carbocycles. The van der Waals surface area contributed by atoms with E-state index >= 15 is 0 Å². The fourth-order valence-electron chi connectivity index (χ4n) is 1.69. The normalized spacial score (nSPS) is 12.3. The molecule has 0 atom stereocenters. The minimum absolute atomic E-state index is 0.109. The predicted octanol–water partition coefficient (Wildman–Crippen LogP) is 1.40. The highest BCUT2D eigenvalue weighted by atomic mass is 16.7. The van der Waals surface area contributed by atoms with Gasteiger partial charge in [-0.2, -0.15) is 0 Å². The summed E-state index contributed by atoms with van der Waals surface area (Å²) in [6.45, 7) is 0.171. The van der Waals surface area contributed by atoms with Crippen LogP contribution in [0.15, 0.2) is 18.2 Å². The maximum absolute atomic E-state index is 12.0. The number of hydroxylamine groups is 2. The van der Waals surface area contributed by atoms with Crippen LogP contribution in [0, 0.1) is 0 Å². The van der Waals surface area contributed by atoms with Gasteiger partial charge < -0.3 is 9.47 Å². The van der Waals surface area contributed by atoms with E-state index in [0.717, 1.165) is 5.06 Å². The largest absolute Gasteiger partial charge is 0.454 e. The van der Waals surface area contributed by atoms with Gasteiger partial charge in [0, 0.05) is 25.5 Å². The van der Waals surface area contributed by atoms with Crippen LogP contribution in [0.3, 0.4) is 0 Å². The molecule has 19 heavy (non-hydrogen) atoms. The molecule has 1 aliphatic heterocycles. The maximum Gasteiger partial charge on any atom is 0.246 e. The number of fused-ring (bicyclic) bond motifs is 1. The van der Waals surface area contributed by atoms with Gasteiger partial charge in [0.2, 0.25) is 12.7 Å². The molecular weight excluding hydrogens is 250 g/mol. The van der Waals surface area contributed by atoms with Crippen molar-refractivity contribution >= 4 is 11.7 Å². The van der Waals surface area contributed by atoms with E-state index in [4.69, 9.17) is 14.3 Å². The van der Waals surface area contributed by atoms with Crippen LogP contribution in [-0.4, -0.2) is 37.7 Å². The molecule has 2 rings (SSSR count). The van der Waals surface area contributed by atoms with Crippen molar-refractivity contribution in [3.63, 3.8) is 0 Å². The van der Waals surface area contributed by atoms with Crippen molar-refractivity contribution in [2.45, 2.75) is 12.8 Å². The van der Waals surface area contributed by atoms with Gasteiger partial charge in [-0.3, -0.25) is 14.4 Å². The summed E-state index contributed by atoms with van der Waals surface area (Å²) in [5.41, 5.74) is 0.511. The van der Waals surface area contributed by atoms with Gasteiger partial charge in [-0.25, -0.2) is 5.06 Å². The maximum atomic E-state index is 12.0. The third kappa shape index (κ3) is 3.03. The summed E-state index contributed by atoms with van der Waals surface area (Å²) in [4.78, 5) is 28.2. The third-order valence-electron chi connectivity index (χ3n) is 2.89. The van der Waals surface area contributed by atoms with Gasteiger partial charge in [0.05, 0.1) is 7.11 Å². The quantitative estimate of drug-likeness (QED) is 0.594. The molecule has 0 fully saturated rings. The van der Waals surface area contributed by atoms with Crippen molar-refractivity contribution < 1.29 is 23.9 Å². The van der Waals surface area contributed by atoms with Crippen LogP contribution in [-0.2, 0) is 9.63 Å². The monoisotopic (exact) mass is 265 g/mol. The Morgan fingerprint density at radius 3 is 2.74 bits per heavy atom. The molecule has 1 amide bonds. The molecule has 0 radical (unpaired) electrons. The molecule has 1 heterocycles. The van der Waals surface area contributed by atoms with E-state index in [1.54, 1.807) is 18.2 Å². The molecule has 6 heteroatoms. The smallest absolute Gasteiger partial charge is 0.246 e. The molecule has 1 aliphatic rings. The molecule has 6 nitrogen and oxygen atoms in total. The number of Topliss-reactive ketones (excluding diaryl/α,β-unsaturated/α-hetero) is 1. The van der Waals surface area contributed by atoms with Crippen molar-refractivity contribution in [2.75, 3.05) is 21.0 Å². The lowest BCUT2D eigenvalue weighted by molar-refractivity contribution is -0.168. The highest BCUT2D eigenvalue weighted by Crippen LogP contribution is 2.32. The van der Waals surface area contributed by atoms with Gasteiger partial charge in [0.15, 0.2) is 17.3 Å². The number of carbonyl (C=O) groups is 2. The number of ketones is 1. The zero-order chi connectivity index (χ0) is 13.8. The molecule has 102 valence electrons. The molecule has 0 spiro atoms. The second-order valence-corrected chi connectivity index (χ2v) is 4.06. The Balaban J connectivity index is 1.95. The number of hydrogen-bond donors (Lipinski definition) is 0. The Bertz CT molecular complexity index is 500. The highest BCUT2D eigenvalue weighted by molar-refractivity contribution is 5.98. The van der Waals surface area contributed by atoms with Crippen molar-refractivity contribution in [3.05, 3.63) is 23.8 Å². The summed E-state index contributed by atoms with van der Waals surface area (Å²) in [6.07, 6.45) is 0.240. The van der Waals surface area contributed by atoms with Crippen molar-refractivity contribution in [1.29, 1.82) is 0 Å². The summed E-state index contributed by atoms with van der Waals surface area (Å²) >= 11 is 0. The molecule has 0 aromatic heterocycles. The number of nitrogens with zero attached hydrogens (tertiary/aromatic N) is 1. The summed E-state index contributed by atoms with van der Waals surface area (Å²) < 4.78 is 10.4. The molecule has 0 aliphatic carbocycles. The molecule has 0 N–H and O–H groups in total. The van der Waals surface area contributed by atoms with E-state index in [2.05, 4.69) is 0 Å². The summed E-state index contributed by atoms with van der Waals surface area (Å²) in [5.74, 6) is 0.839. The van der Waals surface area contributed by atoms with Crippen LogP contribution in [0.4, 0.5) is 0 Å². The summed E-state index contributed by atoms with van der Waals surface area (Å²) in [6, 6.07) is 4.99. The first-order valence-electron chi connectivity index (χ1n) is 5.85. The lowest BCUT2D eigenvalue weighted by Crippen LogP contribution is -2.25. The third-order valence-corrected chi connectivity index (χ3v) is 2.89. The highest BCUT2D eigenvalue weighted by Gasteiger charge is 2.17. The molecule has 1 aromatic rings. The zero-order valence-corrected chi connectivity index (χ0v) is 10.8. The molecule has 0 bridgehead atoms. The fourth-order valence-corrected chi connectivity index (χ4v) is 1.69. The van der Waals surface area contributed by atoms with Crippen molar-refractivity contribution in [1.82, 2.24) is 5.06 Å². The average Bonchev–Trinajstić information content (AvgIpc) is 2.90. The Morgan fingerprint density at radius 1 is 1.26 bits per heavy atom. The van der Waals surface area contributed by atoms with E-state index in [9.17, 15) is 9.59 Å². The van der Waals surface area contributed by atoms with Crippen LogP contribution >= 0.6 is 0 Å². The van der Waals surface area contributed by atoms with Crippen LogP contribution in [0.2, 0.25) is 0 Å². The van der Waals surface area contributed by atoms with Crippen molar-refractivity contribution in [2.24, 2.45) is 0 Å². The predicted molar refractivity (Wildman–Crippen MR) is 65.9 cm³/mol. The SMILES string of the molecule is CON(C)C(=O)CCC(=O)c1ccc2c(c1)OCO2. The van der Waals surface area contributed by atoms with Gasteiger partial charge in [-0.15, -0.1) is 0 Å². The molecule has 0 saturated heterocycles. The Labute approximate surface area is 110 Å². The van der Waals surface area contributed by atoms with Crippen LogP contribution in [0.1, 0.15) is 23.2 Å². The van der Waals surface area contributed by atoms with E-state index in [0.29, 0.717) is 17.1 Å². The van der Waals surface area contributed by atoms with E-state index in [1.807, 2.05) is 0 Å². The molecular formula is C13H15NO5. The van der Waals surface area contributed by atoms with Gasteiger partial charge in [-0.1, -0.05) is 0 Å². The number of amides is 1. The second kappa shape index (κ2) is 5.71. The lowest BCUT2D eigenvalue weighted by Gasteiger charge is -2.12. The number of rotatable bonds is 5. The second-order valence-electron chi connectivity index (χ2n) is 4.06. The van der Waals surface area contributed by atoms with Crippen LogP contribution in [0.5, 0.6) is 11.5 Å². The Kier molecular flexibility index (Phi) is 4.01.